The van der Waals surface area contributed by atoms with Crippen LogP contribution in [0.1, 0.15) is 12.0 Å². The van der Waals surface area contributed by atoms with Crippen molar-refractivity contribution in [1.82, 2.24) is 5.32 Å². The summed E-state index contributed by atoms with van der Waals surface area (Å²) in [5.74, 6) is -2.33. The summed E-state index contributed by atoms with van der Waals surface area (Å²) < 4.78 is 13.0. The zero-order chi connectivity index (χ0) is 15.4. The van der Waals surface area contributed by atoms with E-state index in [0.29, 0.717) is 12.0 Å². The van der Waals surface area contributed by atoms with Gasteiger partial charge in [-0.25, -0.2) is 4.39 Å². The summed E-state index contributed by atoms with van der Waals surface area (Å²) in [6.07, 6.45) is 6.38. The van der Waals surface area contributed by atoms with Crippen LogP contribution in [0.25, 0.3) is 6.08 Å². The molecule has 6 heteroatoms. The van der Waals surface area contributed by atoms with Gasteiger partial charge in [-0.2, -0.15) is 0 Å². The van der Waals surface area contributed by atoms with E-state index in [1.54, 1.807) is 12.2 Å². The van der Waals surface area contributed by atoms with Crippen LogP contribution in [0, 0.1) is 11.7 Å². The number of halogens is 2. The van der Waals surface area contributed by atoms with Crippen molar-refractivity contribution in [3.8, 4) is 0 Å². The smallest absolute Gasteiger partial charge is 0.310 e. The van der Waals surface area contributed by atoms with Crippen LogP contribution in [0.15, 0.2) is 36.4 Å². The van der Waals surface area contributed by atoms with Gasteiger partial charge in [0, 0.05) is 12.1 Å². The summed E-state index contributed by atoms with van der Waals surface area (Å²) in [7, 11) is 0. The highest BCUT2D eigenvalue weighted by molar-refractivity contribution is 6.30. The molecule has 0 heterocycles. The van der Waals surface area contributed by atoms with Crippen LogP contribution in [-0.2, 0) is 9.59 Å². The van der Waals surface area contributed by atoms with Crippen LogP contribution in [0.3, 0.4) is 0 Å². The summed E-state index contributed by atoms with van der Waals surface area (Å²) >= 11 is 5.64. The van der Waals surface area contributed by atoms with Crippen molar-refractivity contribution in [2.45, 2.75) is 12.5 Å². The van der Waals surface area contributed by atoms with Gasteiger partial charge in [-0.05, 0) is 30.2 Å². The predicted molar refractivity (Wildman–Crippen MR) is 77.3 cm³/mol. The van der Waals surface area contributed by atoms with Gasteiger partial charge in [-0.1, -0.05) is 29.8 Å². The third kappa shape index (κ3) is 4.16. The maximum atomic E-state index is 13.0. The summed E-state index contributed by atoms with van der Waals surface area (Å²) in [6.45, 7) is 0. The molecule has 2 atom stereocenters. The van der Waals surface area contributed by atoms with Crippen molar-refractivity contribution >= 4 is 29.6 Å². The molecule has 0 aromatic heterocycles. The van der Waals surface area contributed by atoms with Gasteiger partial charge in [0.1, 0.15) is 5.82 Å². The van der Waals surface area contributed by atoms with E-state index in [1.165, 1.54) is 30.4 Å². The second-order valence-electron chi connectivity index (χ2n) is 4.69. The Bertz CT molecular complexity index is 627. The molecule has 4 nitrogen and oxygen atoms in total. The van der Waals surface area contributed by atoms with Crippen molar-refractivity contribution < 1.29 is 19.1 Å². The monoisotopic (exact) mass is 309 g/mol. The van der Waals surface area contributed by atoms with Crippen LogP contribution in [0.5, 0.6) is 0 Å². The lowest BCUT2D eigenvalue weighted by Gasteiger charge is -2.10. The maximum Gasteiger partial charge on any atom is 0.310 e. The molecule has 2 unspecified atom stereocenters. The molecule has 1 aromatic rings. The van der Waals surface area contributed by atoms with Crippen molar-refractivity contribution in [3.05, 3.63) is 52.8 Å². The van der Waals surface area contributed by atoms with Gasteiger partial charge in [0.25, 0.3) is 0 Å². The molecule has 1 aliphatic carbocycles. The lowest BCUT2D eigenvalue weighted by Crippen LogP contribution is -2.31. The fourth-order valence-electron chi connectivity index (χ4n) is 2.01. The lowest BCUT2D eigenvalue weighted by molar-refractivity contribution is -0.140. The van der Waals surface area contributed by atoms with Crippen molar-refractivity contribution in [1.29, 1.82) is 0 Å². The van der Waals surface area contributed by atoms with Gasteiger partial charge in [0.15, 0.2) is 0 Å². The number of rotatable bonds is 4. The Balaban J connectivity index is 1.90. The molecule has 0 spiro atoms. The molecule has 0 bridgehead atoms. The van der Waals surface area contributed by atoms with Crippen LogP contribution in [0.4, 0.5) is 4.39 Å². The number of nitrogens with one attached hydrogen (secondary N) is 1. The Morgan fingerprint density at radius 3 is 2.76 bits per heavy atom. The second-order valence-corrected chi connectivity index (χ2v) is 5.09. The van der Waals surface area contributed by atoms with Crippen LogP contribution in [0.2, 0.25) is 5.02 Å². The molecule has 1 aromatic carbocycles. The van der Waals surface area contributed by atoms with Gasteiger partial charge in [0.05, 0.1) is 10.9 Å². The van der Waals surface area contributed by atoms with E-state index in [1.807, 2.05) is 0 Å². The fraction of sp³-hybridized carbons (Fsp3) is 0.200. The standard InChI is InChI=1S/C15H13ClFNO3/c16-12-7-9(1-5-13(12)17)2-6-14(19)18-11-4-3-10(8-11)15(20)21/h1-7,10-11H,8H2,(H,18,19)(H,20,21). The van der Waals surface area contributed by atoms with E-state index >= 15 is 0 Å². The molecule has 1 aliphatic rings. The van der Waals surface area contributed by atoms with Crippen LogP contribution >= 0.6 is 11.6 Å². The normalized spacial score (nSPS) is 20.9. The number of amides is 1. The summed E-state index contributed by atoms with van der Waals surface area (Å²) in [6, 6.07) is 3.84. The first kappa shape index (κ1) is 15.3. The summed E-state index contributed by atoms with van der Waals surface area (Å²) in [4.78, 5) is 22.5. The van der Waals surface area contributed by atoms with E-state index < -0.39 is 17.7 Å². The minimum absolute atomic E-state index is 0.0133. The largest absolute Gasteiger partial charge is 0.481 e. The molecule has 0 aliphatic heterocycles. The number of aliphatic carboxylic acids is 1. The molecular formula is C15H13ClFNO3. The Morgan fingerprint density at radius 1 is 1.38 bits per heavy atom. The number of hydrogen-bond donors (Lipinski definition) is 2. The summed E-state index contributed by atoms with van der Waals surface area (Å²) in [5.41, 5.74) is 0.599. The van der Waals surface area contributed by atoms with E-state index in [-0.39, 0.29) is 17.0 Å². The lowest BCUT2D eigenvalue weighted by atomic mass is 10.1. The average Bonchev–Trinajstić information content (AvgIpc) is 2.89. The first-order valence-electron chi connectivity index (χ1n) is 6.30. The van der Waals surface area contributed by atoms with E-state index in [4.69, 9.17) is 16.7 Å². The van der Waals surface area contributed by atoms with Crippen LogP contribution < -0.4 is 5.32 Å². The Kier molecular flexibility index (Phi) is 4.75. The molecule has 110 valence electrons. The minimum atomic E-state index is -0.903. The molecule has 21 heavy (non-hydrogen) atoms. The first-order valence-corrected chi connectivity index (χ1v) is 6.68. The predicted octanol–water partition coefficient (Wildman–Crippen LogP) is 2.64. The number of carbonyl (C=O) groups is 2. The van der Waals surface area contributed by atoms with E-state index in [0.717, 1.165) is 0 Å². The zero-order valence-electron chi connectivity index (χ0n) is 10.9. The van der Waals surface area contributed by atoms with Gasteiger partial charge in [-0.3, -0.25) is 9.59 Å². The number of carboxylic acids is 1. The number of benzene rings is 1. The Hall–Kier alpha value is -2.14. The van der Waals surface area contributed by atoms with E-state index in [9.17, 15) is 14.0 Å². The maximum absolute atomic E-state index is 13.0. The highest BCUT2D eigenvalue weighted by Gasteiger charge is 2.24. The second kappa shape index (κ2) is 6.54. The molecule has 2 rings (SSSR count). The number of hydrogen-bond acceptors (Lipinski definition) is 2. The fourth-order valence-corrected chi connectivity index (χ4v) is 2.20. The van der Waals surface area contributed by atoms with Gasteiger partial charge in [0.2, 0.25) is 5.91 Å². The molecule has 0 radical (unpaired) electrons. The average molecular weight is 310 g/mol. The van der Waals surface area contributed by atoms with Crippen molar-refractivity contribution in [2.24, 2.45) is 5.92 Å². The topological polar surface area (TPSA) is 66.4 Å². The molecule has 0 saturated carbocycles. The summed E-state index contributed by atoms with van der Waals surface area (Å²) in [5, 5.41) is 11.5. The SMILES string of the molecule is O=C(C=Cc1ccc(F)c(Cl)c1)NC1C=CC(C(=O)O)C1. The number of carboxylic acid groups (broad SMARTS) is 1. The number of carbonyl (C=O) groups excluding carboxylic acids is 1. The molecule has 1 amide bonds. The van der Waals surface area contributed by atoms with Crippen LogP contribution in [-0.4, -0.2) is 23.0 Å². The van der Waals surface area contributed by atoms with E-state index in [2.05, 4.69) is 5.32 Å². The quantitative estimate of drug-likeness (QED) is 0.664. The van der Waals surface area contributed by atoms with Gasteiger partial charge in [-0.15, -0.1) is 0 Å². The highest BCUT2D eigenvalue weighted by Crippen LogP contribution is 2.18. The van der Waals surface area contributed by atoms with Crippen molar-refractivity contribution in [2.75, 3.05) is 0 Å². The Morgan fingerprint density at radius 2 is 2.14 bits per heavy atom. The minimum Gasteiger partial charge on any atom is -0.481 e. The third-order valence-electron chi connectivity index (χ3n) is 3.10. The first-order chi connectivity index (χ1) is 9.95. The Labute approximate surface area is 125 Å². The van der Waals surface area contributed by atoms with Gasteiger partial charge < -0.3 is 10.4 Å². The molecule has 2 N–H and O–H groups in total. The molecule has 0 saturated heterocycles. The third-order valence-corrected chi connectivity index (χ3v) is 3.39. The molecular weight excluding hydrogens is 297 g/mol. The molecule has 0 fully saturated rings. The van der Waals surface area contributed by atoms with Gasteiger partial charge >= 0.3 is 5.97 Å². The zero-order valence-corrected chi connectivity index (χ0v) is 11.7. The van der Waals surface area contributed by atoms with Crippen molar-refractivity contribution in [3.63, 3.8) is 0 Å². The highest BCUT2D eigenvalue weighted by atomic mass is 35.5.